The molecule has 2 rings (SSSR count). The second-order valence-corrected chi connectivity index (χ2v) is 5.71. The van der Waals surface area contributed by atoms with Crippen molar-refractivity contribution >= 4 is 5.78 Å². The second kappa shape index (κ2) is 6.83. The van der Waals surface area contributed by atoms with E-state index in [4.69, 9.17) is 0 Å². The highest BCUT2D eigenvalue weighted by Gasteiger charge is 2.44. The summed E-state index contributed by atoms with van der Waals surface area (Å²) >= 11 is 0. The number of carbonyl (C=O) groups excluding carboxylic acids is 1. The van der Waals surface area contributed by atoms with Gasteiger partial charge in [-0.05, 0) is 30.9 Å². The van der Waals surface area contributed by atoms with E-state index in [9.17, 15) is 9.90 Å². The molecule has 0 amide bonds. The largest absolute Gasteiger partial charge is 0.381 e. The van der Waals surface area contributed by atoms with Crippen molar-refractivity contribution in [3.05, 3.63) is 60.2 Å². The molecule has 0 spiro atoms. The summed E-state index contributed by atoms with van der Waals surface area (Å²) in [4.78, 5) is 12.3. The highest BCUT2D eigenvalue weighted by Crippen LogP contribution is 2.33. The summed E-state index contributed by atoms with van der Waals surface area (Å²) in [5, 5.41) is 13.6. The molecule has 21 heavy (non-hydrogen) atoms. The lowest BCUT2D eigenvalue weighted by Gasteiger charge is -2.24. The van der Waals surface area contributed by atoms with Crippen LogP contribution in [-0.2, 0) is 11.2 Å². The van der Waals surface area contributed by atoms with Crippen LogP contribution in [0.3, 0.4) is 0 Å². The minimum Gasteiger partial charge on any atom is -0.381 e. The minimum atomic E-state index is -1.29. The Hall–Kier alpha value is -1.71. The molecule has 1 aromatic rings. The Morgan fingerprint density at radius 2 is 2.05 bits per heavy atom. The van der Waals surface area contributed by atoms with Crippen LogP contribution in [0.2, 0.25) is 0 Å². The maximum Gasteiger partial charge on any atom is 0.190 e. The number of Topliss-reactive ketones (excluding diaryl/α,β-unsaturated/α-hetero) is 1. The number of benzene rings is 1. The van der Waals surface area contributed by atoms with Crippen LogP contribution < -0.4 is 5.32 Å². The number of aryl methyl sites for hydroxylation is 1. The summed E-state index contributed by atoms with van der Waals surface area (Å²) in [6.07, 6.45) is 5.20. The number of hydrogen-bond acceptors (Lipinski definition) is 3. The van der Waals surface area contributed by atoms with Gasteiger partial charge in [0.15, 0.2) is 5.78 Å². The van der Waals surface area contributed by atoms with Crippen molar-refractivity contribution in [1.29, 1.82) is 0 Å². The fraction of sp³-hybridized carbons (Fsp3) is 0.389. The van der Waals surface area contributed by atoms with Crippen LogP contribution >= 0.6 is 0 Å². The maximum absolute atomic E-state index is 12.3. The smallest absolute Gasteiger partial charge is 0.190 e. The molecule has 2 N–H and O–H groups in total. The third-order valence-corrected chi connectivity index (χ3v) is 4.05. The zero-order chi connectivity index (χ0) is 15.3. The molecular weight excluding hydrogens is 262 g/mol. The van der Waals surface area contributed by atoms with Crippen molar-refractivity contribution in [3.63, 3.8) is 0 Å². The SMILES string of the molecule is C=CCNC[C@@H]1C=C(CCc2ccccc2)C(=O)[C@@]1(C)O. The van der Waals surface area contributed by atoms with E-state index < -0.39 is 5.60 Å². The van der Waals surface area contributed by atoms with Crippen molar-refractivity contribution < 1.29 is 9.90 Å². The van der Waals surface area contributed by atoms with Crippen molar-refractivity contribution in [2.45, 2.75) is 25.4 Å². The summed E-state index contributed by atoms with van der Waals surface area (Å²) < 4.78 is 0. The molecule has 0 saturated heterocycles. The number of carbonyl (C=O) groups is 1. The zero-order valence-corrected chi connectivity index (χ0v) is 12.5. The minimum absolute atomic E-state index is 0.135. The van der Waals surface area contributed by atoms with Crippen LogP contribution in [-0.4, -0.2) is 29.6 Å². The Morgan fingerprint density at radius 1 is 1.33 bits per heavy atom. The molecule has 0 radical (unpaired) electrons. The molecule has 2 atom stereocenters. The van der Waals surface area contributed by atoms with Gasteiger partial charge in [-0.2, -0.15) is 0 Å². The highest BCUT2D eigenvalue weighted by molar-refractivity contribution is 6.04. The van der Waals surface area contributed by atoms with Gasteiger partial charge in [0.05, 0.1) is 0 Å². The van der Waals surface area contributed by atoms with Crippen molar-refractivity contribution in [2.24, 2.45) is 5.92 Å². The van der Waals surface area contributed by atoms with Gasteiger partial charge < -0.3 is 10.4 Å². The van der Waals surface area contributed by atoms with Crippen LogP contribution in [0.1, 0.15) is 18.9 Å². The van der Waals surface area contributed by atoms with Gasteiger partial charge in [0.25, 0.3) is 0 Å². The Morgan fingerprint density at radius 3 is 2.71 bits per heavy atom. The van der Waals surface area contributed by atoms with E-state index in [1.54, 1.807) is 13.0 Å². The zero-order valence-electron chi connectivity index (χ0n) is 12.5. The van der Waals surface area contributed by atoms with Gasteiger partial charge in [-0.3, -0.25) is 4.79 Å². The summed E-state index contributed by atoms with van der Waals surface area (Å²) in [7, 11) is 0. The molecule has 0 aromatic heterocycles. The van der Waals surface area contributed by atoms with Gasteiger partial charge in [-0.1, -0.05) is 42.5 Å². The van der Waals surface area contributed by atoms with Gasteiger partial charge in [0.1, 0.15) is 5.60 Å². The number of ketones is 1. The van der Waals surface area contributed by atoms with Crippen LogP contribution in [0, 0.1) is 5.92 Å². The molecule has 3 nitrogen and oxygen atoms in total. The fourth-order valence-corrected chi connectivity index (χ4v) is 2.69. The lowest BCUT2D eigenvalue weighted by Crippen LogP contribution is -2.42. The molecule has 0 saturated carbocycles. The van der Waals surface area contributed by atoms with E-state index in [2.05, 4.69) is 24.0 Å². The number of hydrogen-bond donors (Lipinski definition) is 2. The maximum atomic E-state index is 12.3. The topological polar surface area (TPSA) is 49.3 Å². The third kappa shape index (κ3) is 3.69. The van der Waals surface area contributed by atoms with Gasteiger partial charge in [-0.25, -0.2) is 0 Å². The highest BCUT2D eigenvalue weighted by atomic mass is 16.3. The van der Waals surface area contributed by atoms with E-state index in [0.29, 0.717) is 19.5 Å². The molecular formula is C18H23NO2. The van der Waals surface area contributed by atoms with Gasteiger partial charge in [-0.15, -0.1) is 6.58 Å². The lowest BCUT2D eigenvalue weighted by atomic mass is 9.90. The average Bonchev–Trinajstić information content (AvgIpc) is 2.70. The number of rotatable bonds is 7. The number of nitrogens with one attached hydrogen (secondary N) is 1. The van der Waals surface area contributed by atoms with Crippen LogP contribution in [0.4, 0.5) is 0 Å². The van der Waals surface area contributed by atoms with Crippen molar-refractivity contribution in [3.8, 4) is 0 Å². The Kier molecular flexibility index (Phi) is 5.10. The second-order valence-electron chi connectivity index (χ2n) is 5.71. The first-order valence-corrected chi connectivity index (χ1v) is 7.39. The first kappa shape index (κ1) is 15.7. The molecule has 1 aromatic carbocycles. The molecule has 0 unspecified atom stereocenters. The molecule has 3 heteroatoms. The summed E-state index contributed by atoms with van der Waals surface area (Å²) in [6, 6.07) is 10.1. The standard InChI is InChI=1S/C18H23NO2/c1-3-11-19-13-16-12-15(17(20)18(16,2)21)10-9-14-7-5-4-6-8-14/h3-8,12,16,19,21H,1,9-11,13H2,2H3/t16-,18-/m0/s1. The quantitative estimate of drug-likeness (QED) is 0.597. The van der Waals surface area contributed by atoms with Crippen LogP contribution in [0.15, 0.2) is 54.6 Å². The molecule has 1 aliphatic carbocycles. The predicted octanol–water partition coefficient (Wildman–Crippen LogP) is 2.27. The molecule has 1 aliphatic rings. The van der Waals surface area contributed by atoms with Gasteiger partial charge in [0, 0.05) is 19.0 Å². The van der Waals surface area contributed by atoms with Crippen molar-refractivity contribution in [2.75, 3.05) is 13.1 Å². The normalized spacial score (nSPS) is 25.0. The van der Waals surface area contributed by atoms with Gasteiger partial charge >= 0.3 is 0 Å². The molecule has 0 heterocycles. The Balaban J connectivity index is 1.99. The fourth-order valence-electron chi connectivity index (χ4n) is 2.69. The summed E-state index contributed by atoms with van der Waals surface area (Å²) in [6.45, 7) is 6.52. The molecule has 112 valence electrons. The predicted molar refractivity (Wildman–Crippen MR) is 85.0 cm³/mol. The van der Waals surface area contributed by atoms with Crippen LogP contribution in [0.5, 0.6) is 0 Å². The van der Waals surface area contributed by atoms with E-state index in [1.807, 2.05) is 24.3 Å². The third-order valence-electron chi connectivity index (χ3n) is 4.05. The average molecular weight is 285 g/mol. The molecule has 0 fully saturated rings. The lowest BCUT2D eigenvalue weighted by molar-refractivity contribution is -0.133. The van der Waals surface area contributed by atoms with Gasteiger partial charge in [0.2, 0.25) is 0 Å². The van der Waals surface area contributed by atoms with Crippen molar-refractivity contribution in [1.82, 2.24) is 5.32 Å². The van der Waals surface area contributed by atoms with Crippen LogP contribution in [0.25, 0.3) is 0 Å². The molecule has 0 aliphatic heterocycles. The first-order valence-electron chi connectivity index (χ1n) is 7.39. The summed E-state index contributed by atoms with van der Waals surface area (Å²) in [5.41, 5.74) is 0.661. The first-order chi connectivity index (χ1) is 10.1. The Labute approximate surface area is 126 Å². The van der Waals surface area contributed by atoms with E-state index in [1.165, 1.54) is 5.56 Å². The summed E-state index contributed by atoms with van der Waals surface area (Å²) in [5.74, 6) is -0.306. The van der Waals surface area contributed by atoms with E-state index in [0.717, 1.165) is 12.0 Å². The Bertz CT molecular complexity index is 531. The van der Waals surface area contributed by atoms with E-state index in [-0.39, 0.29) is 11.7 Å². The molecule has 0 bridgehead atoms. The number of aliphatic hydroxyl groups is 1. The monoisotopic (exact) mass is 285 g/mol. The van der Waals surface area contributed by atoms with E-state index >= 15 is 0 Å².